The van der Waals surface area contributed by atoms with Crippen LogP contribution < -0.4 is 15.4 Å². The third-order valence-corrected chi connectivity index (χ3v) is 3.61. The van der Waals surface area contributed by atoms with Gasteiger partial charge >= 0.3 is 0 Å². The first-order valence-corrected chi connectivity index (χ1v) is 7.30. The number of ether oxygens (including phenoxy) is 1. The van der Waals surface area contributed by atoms with Crippen molar-refractivity contribution in [2.45, 2.75) is 32.2 Å². The zero-order valence-corrected chi connectivity index (χ0v) is 12.6. The van der Waals surface area contributed by atoms with Crippen molar-refractivity contribution in [1.29, 1.82) is 0 Å². The predicted molar refractivity (Wildman–Crippen MR) is 81.5 cm³/mol. The topological polar surface area (TPSA) is 62.3 Å². The van der Waals surface area contributed by atoms with E-state index in [1.54, 1.807) is 13.4 Å². The third-order valence-electron chi connectivity index (χ3n) is 3.61. The molecule has 2 rings (SSSR count). The van der Waals surface area contributed by atoms with E-state index in [4.69, 9.17) is 4.74 Å². The maximum Gasteiger partial charge on any atom is 0.204 e. The molecule has 1 aliphatic heterocycles. The van der Waals surface area contributed by atoms with E-state index in [-0.39, 0.29) is 0 Å². The Morgan fingerprint density at radius 3 is 2.60 bits per heavy atom. The monoisotopic (exact) mass is 279 g/mol. The molecule has 0 saturated carbocycles. The van der Waals surface area contributed by atoms with Crippen LogP contribution in [0.25, 0.3) is 0 Å². The van der Waals surface area contributed by atoms with Crippen molar-refractivity contribution in [3.63, 3.8) is 0 Å². The van der Waals surface area contributed by atoms with Crippen LogP contribution >= 0.6 is 0 Å². The molecule has 0 bridgehead atoms. The lowest BCUT2D eigenvalue weighted by atomic mass is 10.1. The van der Waals surface area contributed by atoms with Crippen LogP contribution in [0.1, 0.15) is 26.2 Å². The Morgan fingerprint density at radius 1 is 1.25 bits per heavy atom. The minimum absolute atomic E-state index is 0.321. The van der Waals surface area contributed by atoms with Crippen LogP contribution in [-0.4, -0.2) is 54.7 Å². The van der Waals surface area contributed by atoms with Crippen LogP contribution in [0, 0.1) is 0 Å². The van der Waals surface area contributed by atoms with E-state index in [2.05, 4.69) is 32.4 Å². The molecule has 1 aliphatic rings. The van der Waals surface area contributed by atoms with Gasteiger partial charge in [0.15, 0.2) is 11.6 Å². The molecule has 6 heteroatoms. The lowest BCUT2D eigenvalue weighted by Crippen LogP contribution is -2.38. The van der Waals surface area contributed by atoms with Crippen molar-refractivity contribution in [3.05, 3.63) is 6.33 Å². The van der Waals surface area contributed by atoms with Gasteiger partial charge in [-0.25, -0.2) is 9.97 Å². The van der Waals surface area contributed by atoms with Gasteiger partial charge in [-0.05, 0) is 32.9 Å². The highest BCUT2D eigenvalue weighted by atomic mass is 16.5. The Morgan fingerprint density at radius 2 is 1.95 bits per heavy atom. The fourth-order valence-corrected chi connectivity index (χ4v) is 2.66. The van der Waals surface area contributed by atoms with Gasteiger partial charge in [0, 0.05) is 19.6 Å². The van der Waals surface area contributed by atoms with Gasteiger partial charge in [-0.1, -0.05) is 6.42 Å². The highest BCUT2D eigenvalue weighted by Crippen LogP contribution is 2.28. The third kappa shape index (κ3) is 3.72. The van der Waals surface area contributed by atoms with Crippen LogP contribution in [0.5, 0.6) is 5.75 Å². The van der Waals surface area contributed by atoms with Gasteiger partial charge in [-0.15, -0.1) is 0 Å². The summed E-state index contributed by atoms with van der Waals surface area (Å²) in [5.41, 5.74) is 0. The molecule has 0 spiro atoms. The number of piperidine rings is 1. The van der Waals surface area contributed by atoms with E-state index in [1.807, 2.05) is 7.05 Å². The van der Waals surface area contributed by atoms with Gasteiger partial charge in [0.05, 0.1) is 7.11 Å². The molecule has 1 aromatic heterocycles. The zero-order chi connectivity index (χ0) is 14.4. The van der Waals surface area contributed by atoms with Gasteiger partial charge in [0.2, 0.25) is 5.75 Å². The van der Waals surface area contributed by atoms with Crippen molar-refractivity contribution < 1.29 is 4.74 Å². The van der Waals surface area contributed by atoms with Crippen molar-refractivity contribution >= 4 is 11.6 Å². The average molecular weight is 279 g/mol. The summed E-state index contributed by atoms with van der Waals surface area (Å²) in [6, 6.07) is 0.321. The minimum atomic E-state index is 0.321. The van der Waals surface area contributed by atoms with Gasteiger partial charge in [0.25, 0.3) is 0 Å². The zero-order valence-electron chi connectivity index (χ0n) is 12.6. The maximum absolute atomic E-state index is 5.39. The largest absolute Gasteiger partial charge is 0.490 e. The first-order valence-electron chi connectivity index (χ1n) is 7.30. The second kappa shape index (κ2) is 7.28. The molecule has 20 heavy (non-hydrogen) atoms. The summed E-state index contributed by atoms with van der Waals surface area (Å²) in [7, 11) is 3.46. The number of rotatable bonds is 6. The first kappa shape index (κ1) is 14.8. The lowest BCUT2D eigenvalue weighted by molar-refractivity contribution is 0.223. The second-order valence-electron chi connectivity index (χ2n) is 5.26. The fraction of sp³-hybridized carbons (Fsp3) is 0.714. The Bertz CT molecular complexity index is 420. The molecule has 6 nitrogen and oxygen atoms in total. The Balaban J connectivity index is 1.97. The summed E-state index contributed by atoms with van der Waals surface area (Å²) < 4.78 is 5.39. The molecular weight excluding hydrogens is 254 g/mol. The smallest absolute Gasteiger partial charge is 0.204 e. The molecule has 2 heterocycles. The lowest BCUT2D eigenvalue weighted by Gasteiger charge is -2.29. The highest BCUT2D eigenvalue weighted by molar-refractivity contribution is 5.63. The summed E-state index contributed by atoms with van der Waals surface area (Å²) in [6.45, 7) is 5.61. The van der Waals surface area contributed by atoms with Crippen molar-refractivity contribution in [2.24, 2.45) is 0 Å². The molecule has 0 radical (unpaired) electrons. The number of methoxy groups -OCH3 is 1. The van der Waals surface area contributed by atoms with Crippen LogP contribution in [0.2, 0.25) is 0 Å². The standard InChI is InChI=1S/C14H25N5O/c1-11(9-19-7-5-4-6-8-19)18-14-12(20-3)13(15-2)16-10-17-14/h10-11H,4-9H2,1-3H3,(H2,15,16,17,18). The van der Waals surface area contributed by atoms with Gasteiger partial charge in [0.1, 0.15) is 6.33 Å². The van der Waals surface area contributed by atoms with Crippen molar-refractivity contribution in [1.82, 2.24) is 14.9 Å². The molecule has 112 valence electrons. The first-order chi connectivity index (χ1) is 9.74. The normalized spacial score (nSPS) is 17.6. The predicted octanol–water partition coefficient (Wildman–Crippen LogP) is 1.81. The van der Waals surface area contributed by atoms with E-state index < -0.39 is 0 Å². The number of aromatic nitrogens is 2. The van der Waals surface area contributed by atoms with Crippen molar-refractivity contribution in [2.75, 3.05) is 44.4 Å². The average Bonchev–Trinajstić information content (AvgIpc) is 2.47. The summed E-state index contributed by atoms with van der Waals surface area (Å²) in [6.07, 6.45) is 5.54. The molecule has 0 aliphatic carbocycles. The number of nitrogens with zero attached hydrogens (tertiary/aromatic N) is 3. The van der Waals surface area contributed by atoms with E-state index in [0.717, 1.165) is 12.4 Å². The Hall–Kier alpha value is -1.56. The highest BCUT2D eigenvalue weighted by Gasteiger charge is 2.16. The molecule has 1 atom stereocenters. The van der Waals surface area contributed by atoms with E-state index in [1.165, 1.54) is 32.4 Å². The van der Waals surface area contributed by atoms with E-state index in [9.17, 15) is 0 Å². The van der Waals surface area contributed by atoms with Crippen LogP contribution in [0.15, 0.2) is 6.33 Å². The number of anilines is 2. The molecule has 1 aromatic rings. The van der Waals surface area contributed by atoms with Crippen molar-refractivity contribution in [3.8, 4) is 5.75 Å². The summed E-state index contributed by atoms with van der Waals surface area (Å²) in [5.74, 6) is 2.12. The number of hydrogen-bond donors (Lipinski definition) is 2. The second-order valence-corrected chi connectivity index (χ2v) is 5.26. The van der Waals surface area contributed by atoms with Gasteiger partial charge < -0.3 is 20.3 Å². The molecule has 0 amide bonds. The van der Waals surface area contributed by atoms with E-state index >= 15 is 0 Å². The van der Waals surface area contributed by atoms with Crippen LogP contribution in [-0.2, 0) is 0 Å². The minimum Gasteiger partial charge on any atom is -0.490 e. The van der Waals surface area contributed by atoms with Gasteiger partial charge in [-0.3, -0.25) is 0 Å². The van der Waals surface area contributed by atoms with Crippen LogP contribution in [0.4, 0.5) is 11.6 Å². The molecule has 1 saturated heterocycles. The number of hydrogen-bond acceptors (Lipinski definition) is 6. The molecule has 0 aromatic carbocycles. The summed E-state index contributed by atoms with van der Waals surface area (Å²) in [4.78, 5) is 10.9. The van der Waals surface area contributed by atoms with Gasteiger partial charge in [-0.2, -0.15) is 0 Å². The SMILES string of the molecule is CNc1ncnc(NC(C)CN2CCCCC2)c1OC. The maximum atomic E-state index is 5.39. The molecule has 1 unspecified atom stereocenters. The number of likely N-dealkylation sites (tertiary alicyclic amines) is 1. The quantitative estimate of drug-likeness (QED) is 0.828. The number of nitrogens with one attached hydrogen (secondary N) is 2. The summed E-state index contributed by atoms with van der Waals surface area (Å²) in [5, 5.41) is 6.44. The van der Waals surface area contributed by atoms with Crippen LogP contribution in [0.3, 0.4) is 0 Å². The Kier molecular flexibility index (Phi) is 5.40. The summed E-state index contributed by atoms with van der Waals surface area (Å²) >= 11 is 0. The molecular formula is C14H25N5O. The fourth-order valence-electron chi connectivity index (χ4n) is 2.66. The van der Waals surface area contributed by atoms with E-state index in [0.29, 0.717) is 17.6 Å². The molecule has 1 fully saturated rings. The molecule has 2 N–H and O–H groups in total. The Labute approximate surface area is 120 Å².